The second-order valence-electron chi connectivity index (χ2n) is 6.80. The number of aryl methyl sites for hydroxylation is 2. The van der Waals surface area contributed by atoms with E-state index in [1.54, 1.807) is 32.2 Å². The number of aromatic nitrogens is 4. The van der Waals surface area contributed by atoms with E-state index in [-0.39, 0.29) is 0 Å². The number of hydrogen-bond donors (Lipinski definition) is 0. The van der Waals surface area contributed by atoms with Gasteiger partial charge in [0.1, 0.15) is 0 Å². The van der Waals surface area contributed by atoms with Gasteiger partial charge in [-0.25, -0.2) is 4.98 Å². The molecule has 4 aromatic rings. The molecule has 0 unspecified atom stereocenters. The van der Waals surface area contributed by atoms with Gasteiger partial charge in [-0.15, -0.1) is 0 Å². The first-order valence-electron chi connectivity index (χ1n) is 9.37. The number of nitrogens with zero attached hydrogens (tertiary/aromatic N) is 4. The first-order valence-corrected chi connectivity index (χ1v) is 10.4. The van der Waals surface area contributed by atoms with Crippen LogP contribution < -0.4 is 9.47 Å². The van der Waals surface area contributed by atoms with Crippen LogP contribution in [0, 0.1) is 13.8 Å². The molecule has 0 amide bonds. The zero-order valence-electron chi connectivity index (χ0n) is 17.2. The van der Waals surface area contributed by atoms with Crippen molar-refractivity contribution in [1.29, 1.82) is 0 Å². The number of thioether (sulfide) groups is 1. The number of ether oxygens (including phenoxy) is 2. The molecule has 0 atom stereocenters. The molecule has 30 heavy (non-hydrogen) atoms. The molecule has 2 heterocycles. The van der Waals surface area contributed by atoms with Crippen molar-refractivity contribution >= 4 is 11.8 Å². The normalized spacial score (nSPS) is 10.9. The van der Waals surface area contributed by atoms with Gasteiger partial charge in [0.15, 0.2) is 16.7 Å². The fourth-order valence-electron chi connectivity index (χ4n) is 3.22. The van der Waals surface area contributed by atoms with Crippen LogP contribution in [0.25, 0.3) is 17.1 Å². The van der Waals surface area contributed by atoms with Crippen molar-refractivity contribution < 1.29 is 14.0 Å². The Morgan fingerprint density at radius 2 is 1.77 bits per heavy atom. The first-order chi connectivity index (χ1) is 14.6. The number of rotatable bonds is 7. The van der Waals surface area contributed by atoms with Crippen LogP contribution in [0.4, 0.5) is 0 Å². The summed E-state index contributed by atoms with van der Waals surface area (Å²) in [5, 5.41) is 4.96. The molecule has 0 aliphatic heterocycles. The van der Waals surface area contributed by atoms with Gasteiger partial charge >= 0.3 is 0 Å². The van der Waals surface area contributed by atoms with Crippen LogP contribution in [0.15, 0.2) is 58.5 Å². The Morgan fingerprint density at radius 3 is 2.50 bits per heavy atom. The third-order valence-electron chi connectivity index (χ3n) is 4.53. The number of hydrogen-bond acceptors (Lipinski definition) is 7. The van der Waals surface area contributed by atoms with Gasteiger partial charge in [-0.05, 0) is 55.3 Å². The highest BCUT2D eigenvalue weighted by Gasteiger charge is 2.14. The van der Waals surface area contributed by atoms with Gasteiger partial charge in [0.05, 0.1) is 20.0 Å². The second kappa shape index (κ2) is 8.62. The van der Waals surface area contributed by atoms with Crippen molar-refractivity contribution in [2.75, 3.05) is 14.2 Å². The van der Waals surface area contributed by atoms with Crippen molar-refractivity contribution in [3.8, 4) is 28.6 Å². The Kier molecular flexibility index (Phi) is 5.76. The van der Waals surface area contributed by atoms with Crippen LogP contribution in [0.3, 0.4) is 0 Å². The molecular weight excluding hydrogens is 400 g/mol. The van der Waals surface area contributed by atoms with Gasteiger partial charge < -0.3 is 14.0 Å². The van der Waals surface area contributed by atoms with E-state index >= 15 is 0 Å². The predicted molar refractivity (Wildman–Crippen MR) is 115 cm³/mol. The van der Waals surface area contributed by atoms with E-state index in [9.17, 15) is 0 Å². The Balaban J connectivity index is 1.50. The molecule has 0 saturated carbocycles. The molecule has 4 rings (SSSR count). The SMILES string of the molecule is COc1ccc(-c2noc(CSc3nccn3-c3cc(C)cc(C)c3)n2)cc1OC. The average molecular weight is 423 g/mol. The van der Waals surface area contributed by atoms with Crippen LogP contribution in [0.2, 0.25) is 0 Å². The summed E-state index contributed by atoms with van der Waals surface area (Å²) in [5.41, 5.74) is 4.31. The maximum absolute atomic E-state index is 5.44. The number of benzene rings is 2. The predicted octanol–water partition coefficient (Wildman–Crippen LogP) is 4.85. The molecule has 0 spiro atoms. The van der Waals surface area contributed by atoms with Crippen molar-refractivity contribution in [3.63, 3.8) is 0 Å². The largest absolute Gasteiger partial charge is 0.493 e. The van der Waals surface area contributed by atoms with E-state index in [4.69, 9.17) is 14.0 Å². The van der Waals surface area contributed by atoms with Gasteiger partial charge in [0.25, 0.3) is 0 Å². The summed E-state index contributed by atoms with van der Waals surface area (Å²) in [6.45, 7) is 4.18. The van der Waals surface area contributed by atoms with Gasteiger partial charge in [0, 0.05) is 23.6 Å². The monoisotopic (exact) mass is 422 g/mol. The third kappa shape index (κ3) is 4.18. The fourth-order valence-corrected chi connectivity index (χ4v) is 4.03. The Bertz CT molecular complexity index is 1150. The Morgan fingerprint density at radius 1 is 1.00 bits per heavy atom. The highest BCUT2D eigenvalue weighted by molar-refractivity contribution is 7.98. The molecule has 8 heteroatoms. The van der Waals surface area contributed by atoms with E-state index < -0.39 is 0 Å². The lowest BCUT2D eigenvalue weighted by atomic mass is 10.1. The lowest BCUT2D eigenvalue weighted by molar-refractivity contribution is 0.355. The molecule has 0 aliphatic rings. The lowest BCUT2D eigenvalue weighted by Crippen LogP contribution is -1.97. The smallest absolute Gasteiger partial charge is 0.237 e. The summed E-state index contributed by atoms with van der Waals surface area (Å²) in [6, 6.07) is 11.9. The molecule has 0 aliphatic carbocycles. The van der Waals surface area contributed by atoms with Crippen LogP contribution in [-0.4, -0.2) is 33.9 Å². The van der Waals surface area contributed by atoms with Gasteiger partial charge in [0.2, 0.25) is 11.7 Å². The molecule has 0 fully saturated rings. The molecule has 0 N–H and O–H groups in total. The molecule has 0 radical (unpaired) electrons. The van der Waals surface area contributed by atoms with E-state index in [0.29, 0.717) is 29.0 Å². The summed E-state index contributed by atoms with van der Waals surface area (Å²) in [7, 11) is 3.20. The van der Waals surface area contributed by atoms with Crippen LogP contribution >= 0.6 is 11.8 Å². The van der Waals surface area contributed by atoms with Crippen molar-refractivity contribution in [2.45, 2.75) is 24.8 Å². The quantitative estimate of drug-likeness (QED) is 0.394. The topological polar surface area (TPSA) is 75.2 Å². The van der Waals surface area contributed by atoms with Crippen molar-refractivity contribution in [2.24, 2.45) is 0 Å². The summed E-state index contributed by atoms with van der Waals surface area (Å²) in [4.78, 5) is 8.99. The van der Waals surface area contributed by atoms with Crippen molar-refractivity contribution in [1.82, 2.24) is 19.7 Å². The molecule has 2 aromatic heterocycles. The molecular formula is C22H22N4O3S. The molecule has 2 aromatic carbocycles. The molecule has 0 saturated heterocycles. The van der Waals surface area contributed by atoms with E-state index in [1.165, 1.54) is 11.1 Å². The maximum Gasteiger partial charge on any atom is 0.237 e. The summed E-state index contributed by atoms with van der Waals surface area (Å²) < 4.78 is 18.1. The molecule has 7 nitrogen and oxygen atoms in total. The maximum atomic E-state index is 5.44. The van der Waals surface area contributed by atoms with Gasteiger partial charge in [-0.3, -0.25) is 4.57 Å². The second-order valence-corrected chi connectivity index (χ2v) is 7.74. The highest BCUT2D eigenvalue weighted by atomic mass is 32.2. The first kappa shape index (κ1) is 20.0. The standard InChI is InChI=1S/C22H22N4O3S/c1-14-9-15(2)11-17(10-14)26-8-7-23-22(26)30-13-20-24-21(25-29-20)16-5-6-18(27-3)19(12-16)28-4/h5-12H,13H2,1-4H3. The number of methoxy groups -OCH3 is 2. The highest BCUT2D eigenvalue weighted by Crippen LogP contribution is 2.32. The van der Waals surface area contributed by atoms with E-state index in [1.807, 2.05) is 24.4 Å². The summed E-state index contributed by atoms with van der Waals surface area (Å²) >= 11 is 1.55. The van der Waals surface area contributed by atoms with Crippen LogP contribution in [0.5, 0.6) is 11.5 Å². The minimum absolute atomic E-state index is 0.504. The van der Waals surface area contributed by atoms with Gasteiger partial charge in [-0.2, -0.15) is 4.98 Å². The minimum atomic E-state index is 0.504. The molecule has 154 valence electrons. The van der Waals surface area contributed by atoms with E-state index in [0.717, 1.165) is 16.4 Å². The minimum Gasteiger partial charge on any atom is -0.493 e. The Hall–Kier alpha value is -3.26. The van der Waals surface area contributed by atoms with Gasteiger partial charge in [-0.1, -0.05) is 23.0 Å². The Labute approximate surface area is 179 Å². The van der Waals surface area contributed by atoms with Crippen LogP contribution in [0.1, 0.15) is 17.0 Å². The van der Waals surface area contributed by atoms with Crippen LogP contribution in [-0.2, 0) is 5.75 Å². The average Bonchev–Trinajstić information content (AvgIpc) is 3.40. The summed E-state index contributed by atoms with van der Waals surface area (Å²) in [6.07, 6.45) is 3.75. The summed E-state index contributed by atoms with van der Waals surface area (Å²) in [5.74, 6) is 2.82. The lowest BCUT2D eigenvalue weighted by Gasteiger charge is -2.09. The van der Waals surface area contributed by atoms with E-state index in [2.05, 4.69) is 51.7 Å². The zero-order chi connectivity index (χ0) is 21.1. The molecule has 0 bridgehead atoms. The zero-order valence-corrected chi connectivity index (χ0v) is 18.1. The fraction of sp³-hybridized carbons (Fsp3) is 0.227. The van der Waals surface area contributed by atoms with Crippen molar-refractivity contribution in [3.05, 3.63) is 65.8 Å². The number of imidazole rings is 1. The third-order valence-corrected chi connectivity index (χ3v) is 5.48.